The van der Waals surface area contributed by atoms with Crippen LogP contribution in [0, 0.1) is 5.92 Å². The van der Waals surface area contributed by atoms with Gasteiger partial charge in [0, 0.05) is 18.8 Å². The maximum atomic E-state index is 2.36. The molecule has 0 aromatic heterocycles. The zero-order valence-corrected chi connectivity index (χ0v) is 7.72. The van der Waals surface area contributed by atoms with Gasteiger partial charge in [-0.3, -0.25) is 0 Å². The molecule has 0 amide bonds. The standard InChI is InChI=1S/C9H20N/c1-8(2)7-10(3,4)9-5-6-9/h8-9H,5-7H2,1-4H3/q+1. The minimum Gasteiger partial charge on any atom is -0.326 e. The van der Waals surface area contributed by atoms with Gasteiger partial charge in [0.2, 0.25) is 0 Å². The molecule has 0 saturated heterocycles. The molecule has 1 fully saturated rings. The second kappa shape index (κ2) is 2.54. The molecule has 0 atom stereocenters. The normalized spacial score (nSPS) is 20.1. The monoisotopic (exact) mass is 142 g/mol. The van der Waals surface area contributed by atoms with E-state index in [2.05, 4.69) is 27.9 Å². The molecule has 10 heavy (non-hydrogen) atoms. The molecule has 0 unspecified atom stereocenters. The fourth-order valence-corrected chi connectivity index (χ4v) is 1.86. The molecule has 0 aromatic carbocycles. The lowest BCUT2D eigenvalue weighted by Gasteiger charge is -2.31. The maximum absolute atomic E-state index is 2.36. The number of hydrogen-bond donors (Lipinski definition) is 0. The first-order valence-corrected chi connectivity index (χ1v) is 4.35. The molecule has 0 spiro atoms. The lowest BCUT2D eigenvalue weighted by atomic mass is 10.2. The van der Waals surface area contributed by atoms with Gasteiger partial charge < -0.3 is 4.48 Å². The molecule has 0 heterocycles. The molecule has 1 aliphatic carbocycles. The van der Waals surface area contributed by atoms with Crippen LogP contribution in [-0.4, -0.2) is 31.2 Å². The summed E-state index contributed by atoms with van der Waals surface area (Å²) < 4.78 is 1.25. The van der Waals surface area contributed by atoms with Gasteiger partial charge in [-0.2, -0.15) is 0 Å². The molecule has 1 aliphatic rings. The molecule has 0 bridgehead atoms. The van der Waals surface area contributed by atoms with Crippen LogP contribution in [-0.2, 0) is 0 Å². The molecule has 0 radical (unpaired) electrons. The summed E-state index contributed by atoms with van der Waals surface area (Å²) in [5.74, 6) is 0.843. The van der Waals surface area contributed by atoms with E-state index < -0.39 is 0 Å². The van der Waals surface area contributed by atoms with Gasteiger partial charge in [-0.05, 0) is 0 Å². The zero-order chi connectivity index (χ0) is 7.78. The molecule has 1 nitrogen and oxygen atoms in total. The third kappa shape index (κ3) is 1.98. The molecule has 0 aromatic rings. The van der Waals surface area contributed by atoms with E-state index in [4.69, 9.17) is 0 Å². The zero-order valence-electron chi connectivity index (χ0n) is 7.72. The quantitative estimate of drug-likeness (QED) is 0.528. The van der Waals surface area contributed by atoms with Crippen molar-refractivity contribution in [1.29, 1.82) is 0 Å². The second-order valence-corrected chi connectivity index (χ2v) is 4.59. The summed E-state index contributed by atoms with van der Waals surface area (Å²) >= 11 is 0. The first-order valence-electron chi connectivity index (χ1n) is 4.35. The van der Waals surface area contributed by atoms with Crippen LogP contribution in [0.25, 0.3) is 0 Å². The van der Waals surface area contributed by atoms with Crippen molar-refractivity contribution >= 4 is 0 Å². The molecule has 60 valence electrons. The molecular formula is C9H20N+. The summed E-state index contributed by atoms with van der Waals surface area (Å²) in [5.41, 5.74) is 0. The van der Waals surface area contributed by atoms with Crippen molar-refractivity contribution in [2.45, 2.75) is 32.7 Å². The fraction of sp³-hybridized carbons (Fsp3) is 1.00. The van der Waals surface area contributed by atoms with Crippen LogP contribution in [0.15, 0.2) is 0 Å². The fourth-order valence-electron chi connectivity index (χ4n) is 1.86. The summed E-state index contributed by atoms with van der Waals surface area (Å²) in [7, 11) is 4.72. The highest BCUT2D eigenvalue weighted by Gasteiger charge is 2.38. The van der Waals surface area contributed by atoms with Gasteiger partial charge in [0.25, 0.3) is 0 Å². The van der Waals surface area contributed by atoms with Gasteiger partial charge in [-0.25, -0.2) is 0 Å². The summed E-state index contributed by atoms with van der Waals surface area (Å²) in [6, 6.07) is 0.988. The molecular weight excluding hydrogens is 122 g/mol. The highest BCUT2D eigenvalue weighted by molar-refractivity contribution is 4.74. The Morgan fingerprint density at radius 2 is 1.80 bits per heavy atom. The smallest absolute Gasteiger partial charge is 0.0890 e. The van der Waals surface area contributed by atoms with Crippen molar-refractivity contribution in [2.75, 3.05) is 20.6 Å². The SMILES string of the molecule is CC(C)C[N+](C)(C)C1CC1. The van der Waals surface area contributed by atoms with Crippen LogP contribution >= 0.6 is 0 Å². The Balaban J connectivity index is 2.34. The van der Waals surface area contributed by atoms with Gasteiger partial charge in [0.05, 0.1) is 26.7 Å². The highest BCUT2D eigenvalue weighted by Crippen LogP contribution is 2.31. The van der Waals surface area contributed by atoms with E-state index in [0.29, 0.717) is 0 Å². The van der Waals surface area contributed by atoms with Crippen LogP contribution in [0.3, 0.4) is 0 Å². The van der Waals surface area contributed by atoms with Crippen LogP contribution in [0.1, 0.15) is 26.7 Å². The van der Waals surface area contributed by atoms with Crippen molar-refractivity contribution in [1.82, 2.24) is 0 Å². The predicted molar refractivity (Wildman–Crippen MR) is 44.8 cm³/mol. The topological polar surface area (TPSA) is 0 Å². The van der Waals surface area contributed by atoms with Crippen molar-refractivity contribution in [3.63, 3.8) is 0 Å². The third-order valence-corrected chi connectivity index (χ3v) is 2.37. The Morgan fingerprint density at radius 1 is 1.30 bits per heavy atom. The molecule has 1 heteroatoms. The average Bonchev–Trinajstić information content (AvgIpc) is 2.35. The van der Waals surface area contributed by atoms with E-state index in [1.807, 2.05) is 0 Å². The van der Waals surface area contributed by atoms with Crippen molar-refractivity contribution in [2.24, 2.45) is 5.92 Å². The number of nitrogens with zero attached hydrogens (tertiary/aromatic N) is 1. The Morgan fingerprint density at radius 3 is 2.10 bits per heavy atom. The van der Waals surface area contributed by atoms with Gasteiger partial charge >= 0.3 is 0 Å². The third-order valence-electron chi connectivity index (χ3n) is 2.37. The first-order chi connectivity index (χ1) is 4.52. The second-order valence-electron chi connectivity index (χ2n) is 4.59. The van der Waals surface area contributed by atoms with E-state index in [1.165, 1.54) is 23.9 Å². The Labute approximate surface area is 64.6 Å². The molecule has 0 N–H and O–H groups in total. The number of rotatable bonds is 3. The van der Waals surface area contributed by atoms with E-state index in [0.717, 1.165) is 12.0 Å². The van der Waals surface area contributed by atoms with Crippen molar-refractivity contribution < 1.29 is 4.48 Å². The summed E-state index contributed by atoms with van der Waals surface area (Å²) in [6.07, 6.45) is 2.92. The van der Waals surface area contributed by atoms with Crippen LogP contribution in [0.4, 0.5) is 0 Å². The van der Waals surface area contributed by atoms with Gasteiger partial charge in [-0.1, -0.05) is 13.8 Å². The molecule has 1 saturated carbocycles. The minimum atomic E-state index is 0.843. The van der Waals surface area contributed by atoms with Gasteiger partial charge in [0.1, 0.15) is 0 Å². The van der Waals surface area contributed by atoms with Gasteiger partial charge in [0.15, 0.2) is 0 Å². The van der Waals surface area contributed by atoms with E-state index in [1.54, 1.807) is 0 Å². The number of quaternary nitrogens is 1. The lowest BCUT2D eigenvalue weighted by molar-refractivity contribution is -0.904. The Kier molecular flexibility index (Phi) is 2.04. The molecule has 1 rings (SSSR count). The highest BCUT2D eigenvalue weighted by atomic mass is 15.3. The Bertz CT molecular complexity index is 112. The first kappa shape index (κ1) is 8.06. The Hall–Kier alpha value is -0.0400. The summed E-state index contributed by atoms with van der Waals surface area (Å²) in [6.45, 7) is 5.95. The van der Waals surface area contributed by atoms with Crippen molar-refractivity contribution in [3.8, 4) is 0 Å². The van der Waals surface area contributed by atoms with Crippen LogP contribution < -0.4 is 0 Å². The molecule has 0 aliphatic heterocycles. The average molecular weight is 142 g/mol. The van der Waals surface area contributed by atoms with Crippen LogP contribution in [0.5, 0.6) is 0 Å². The van der Waals surface area contributed by atoms with Crippen LogP contribution in [0.2, 0.25) is 0 Å². The number of hydrogen-bond acceptors (Lipinski definition) is 0. The predicted octanol–water partition coefficient (Wildman–Crippen LogP) is 1.88. The van der Waals surface area contributed by atoms with E-state index in [-0.39, 0.29) is 0 Å². The minimum absolute atomic E-state index is 0.843. The van der Waals surface area contributed by atoms with Crippen molar-refractivity contribution in [3.05, 3.63) is 0 Å². The maximum Gasteiger partial charge on any atom is 0.0890 e. The van der Waals surface area contributed by atoms with E-state index in [9.17, 15) is 0 Å². The summed E-state index contributed by atoms with van der Waals surface area (Å²) in [4.78, 5) is 0. The van der Waals surface area contributed by atoms with E-state index >= 15 is 0 Å². The lowest BCUT2D eigenvalue weighted by Crippen LogP contribution is -2.44. The summed E-state index contributed by atoms with van der Waals surface area (Å²) in [5, 5.41) is 0. The largest absolute Gasteiger partial charge is 0.326 e. The van der Waals surface area contributed by atoms with Gasteiger partial charge in [-0.15, -0.1) is 0 Å².